The van der Waals surface area contributed by atoms with E-state index in [1.54, 1.807) is 36.5 Å². The molecule has 0 fully saturated rings. The minimum atomic E-state index is -0.968. The Hall–Kier alpha value is -1.46. The summed E-state index contributed by atoms with van der Waals surface area (Å²) in [5, 5.41) is 36.8. The van der Waals surface area contributed by atoms with Crippen LogP contribution >= 0.6 is 0 Å². The maximum Gasteiger partial charge on any atom is 0.102 e. The molecule has 0 radical (unpaired) electrons. The zero-order valence-electron chi connectivity index (χ0n) is 11.0. The van der Waals surface area contributed by atoms with E-state index in [0.717, 1.165) is 0 Å². The molecule has 0 saturated heterocycles. The van der Waals surface area contributed by atoms with Crippen molar-refractivity contribution in [2.24, 2.45) is 0 Å². The summed E-state index contributed by atoms with van der Waals surface area (Å²) in [5.74, 6) is 0. The molecule has 0 saturated carbocycles. The molecule has 4 N–H and O–H groups in total. The molecule has 0 aromatic heterocycles. The molecule has 4 nitrogen and oxygen atoms in total. The average molecular weight is 266 g/mol. The van der Waals surface area contributed by atoms with Gasteiger partial charge < -0.3 is 20.4 Å². The van der Waals surface area contributed by atoms with Gasteiger partial charge in [-0.25, -0.2) is 0 Å². The molecule has 0 aliphatic heterocycles. The monoisotopic (exact) mass is 266 g/mol. The van der Waals surface area contributed by atoms with E-state index in [9.17, 15) is 15.3 Å². The Kier molecular flexibility index (Phi) is 9.66. The molecule has 0 heterocycles. The molecule has 0 spiro atoms. The lowest BCUT2D eigenvalue weighted by Gasteiger charge is -2.07. The Labute approximate surface area is 114 Å². The minimum absolute atomic E-state index is 0.791. The predicted molar refractivity (Wildman–Crippen MR) is 76.5 cm³/mol. The van der Waals surface area contributed by atoms with E-state index in [2.05, 4.69) is 6.58 Å². The summed E-state index contributed by atoms with van der Waals surface area (Å²) >= 11 is 0. The molecule has 106 valence electrons. The molecule has 19 heavy (non-hydrogen) atoms. The van der Waals surface area contributed by atoms with E-state index in [-0.39, 0.29) is 0 Å². The number of hydrogen-bond donors (Lipinski definition) is 4. The van der Waals surface area contributed by atoms with Crippen LogP contribution in [0.15, 0.2) is 61.3 Å². The normalized spacial score (nSPS) is 19.4. The molecule has 4 heteroatoms. The van der Waals surface area contributed by atoms with E-state index in [1.165, 1.54) is 25.2 Å². The Balaban J connectivity index is 4.03. The van der Waals surface area contributed by atoms with Crippen LogP contribution in [0.25, 0.3) is 0 Å². The topological polar surface area (TPSA) is 80.9 Å². The maximum atomic E-state index is 9.35. The van der Waals surface area contributed by atoms with Crippen molar-refractivity contribution in [2.45, 2.75) is 31.3 Å². The van der Waals surface area contributed by atoms with Gasteiger partial charge in [0.25, 0.3) is 0 Å². The second kappa shape index (κ2) is 10.5. The second-order valence-electron chi connectivity index (χ2n) is 3.99. The quantitative estimate of drug-likeness (QED) is 0.388. The maximum absolute atomic E-state index is 9.35. The fourth-order valence-corrected chi connectivity index (χ4v) is 1.03. The smallest absolute Gasteiger partial charge is 0.102 e. The van der Waals surface area contributed by atoms with E-state index in [0.29, 0.717) is 0 Å². The SMILES string of the molecule is C=C[C@@H](O)[C@H](O)C=CC=CC=CC=C[C@H](O)[C@@H](C)O. The summed E-state index contributed by atoms with van der Waals surface area (Å²) in [6.45, 7) is 4.87. The first kappa shape index (κ1) is 17.5. The summed E-state index contributed by atoms with van der Waals surface area (Å²) < 4.78 is 0. The van der Waals surface area contributed by atoms with Crippen LogP contribution < -0.4 is 0 Å². The molecular formula is C15H22O4. The van der Waals surface area contributed by atoms with Crippen molar-refractivity contribution < 1.29 is 20.4 Å². The molecule has 0 amide bonds. The van der Waals surface area contributed by atoms with Crippen molar-refractivity contribution in [1.29, 1.82) is 0 Å². The molecule has 0 aromatic carbocycles. The first-order chi connectivity index (χ1) is 8.99. The Bertz CT molecular complexity index is 353. The Morgan fingerprint density at radius 2 is 1.11 bits per heavy atom. The third-order valence-corrected chi connectivity index (χ3v) is 2.26. The fourth-order valence-electron chi connectivity index (χ4n) is 1.03. The number of aliphatic hydroxyl groups excluding tert-OH is 4. The average Bonchev–Trinajstić information content (AvgIpc) is 2.39. The second-order valence-corrected chi connectivity index (χ2v) is 3.99. The third kappa shape index (κ3) is 9.16. The first-order valence-corrected chi connectivity index (χ1v) is 6.02. The van der Waals surface area contributed by atoms with Gasteiger partial charge in [-0.15, -0.1) is 6.58 Å². The van der Waals surface area contributed by atoms with Gasteiger partial charge in [-0.05, 0) is 6.92 Å². The van der Waals surface area contributed by atoms with Crippen molar-refractivity contribution in [1.82, 2.24) is 0 Å². The molecule has 0 aliphatic carbocycles. The standard InChI is InChI=1S/C15H22O4/c1-3-13(17)15(19)11-9-7-5-4-6-8-10-14(18)12(2)16/h3-19H,1H2,2H3/t12-,13-,14+,15-/m1/s1. The summed E-state index contributed by atoms with van der Waals surface area (Å²) in [6.07, 6.45) is 10.7. The largest absolute Gasteiger partial charge is 0.390 e. The van der Waals surface area contributed by atoms with E-state index in [4.69, 9.17) is 5.11 Å². The third-order valence-electron chi connectivity index (χ3n) is 2.26. The highest BCUT2D eigenvalue weighted by molar-refractivity contribution is 5.17. The number of rotatable bonds is 8. The zero-order valence-corrected chi connectivity index (χ0v) is 11.0. The zero-order chi connectivity index (χ0) is 14.7. The summed E-state index contributed by atoms with van der Waals surface area (Å²) in [6, 6.07) is 0. The summed E-state index contributed by atoms with van der Waals surface area (Å²) in [5.41, 5.74) is 0. The van der Waals surface area contributed by atoms with Crippen LogP contribution in [0.1, 0.15) is 6.92 Å². The van der Waals surface area contributed by atoms with Crippen molar-refractivity contribution in [3.8, 4) is 0 Å². The van der Waals surface area contributed by atoms with Gasteiger partial charge in [0.05, 0.1) is 12.2 Å². The van der Waals surface area contributed by atoms with Crippen molar-refractivity contribution in [2.75, 3.05) is 0 Å². The van der Waals surface area contributed by atoms with Gasteiger partial charge in [0.15, 0.2) is 0 Å². The number of hydrogen-bond acceptors (Lipinski definition) is 4. The fraction of sp³-hybridized carbons (Fsp3) is 0.333. The van der Waals surface area contributed by atoms with E-state index < -0.39 is 24.4 Å². The van der Waals surface area contributed by atoms with Crippen LogP contribution in [0.4, 0.5) is 0 Å². The summed E-state index contributed by atoms with van der Waals surface area (Å²) in [4.78, 5) is 0. The Morgan fingerprint density at radius 3 is 1.53 bits per heavy atom. The Morgan fingerprint density at radius 1 is 0.684 bits per heavy atom. The van der Waals surface area contributed by atoms with Gasteiger partial charge in [-0.3, -0.25) is 0 Å². The van der Waals surface area contributed by atoms with Gasteiger partial charge in [-0.1, -0.05) is 54.7 Å². The molecule has 0 aliphatic rings. The van der Waals surface area contributed by atoms with Crippen LogP contribution in [0.2, 0.25) is 0 Å². The molecule has 0 rings (SSSR count). The lowest BCUT2D eigenvalue weighted by molar-refractivity contribution is 0.0619. The number of allylic oxidation sites excluding steroid dienone is 6. The number of aliphatic hydroxyl groups is 4. The lowest BCUT2D eigenvalue weighted by atomic mass is 10.2. The van der Waals surface area contributed by atoms with Gasteiger partial charge >= 0.3 is 0 Å². The lowest BCUT2D eigenvalue weighted by Crippen LogP contribution is -2.20. The predicted octanol–water partition coefficient (Wildman–Crippen LogP) is 0.861. The van der Waals surface area contributed by atoms with Gasteiger partial charge in [0.2, 0.25) is 0 Å². The molecule has 0 unspecified atom stereocenters. The van der Waals surface area contributed by atoms with Crippen LogP contribution in [-0.4, -0.2) is 44.8 Å². The van der Waals surface area contributed by atoms with Gasteiger partial charge in [0.1, 0.15) is 12.2 Å². The highest BCUT2D eigenvalue weighted by Gasteiger charge is 2.06. The highest BCUT2D eigenvalue weighted by Crippen LogP contribution is 1.97. The van der Waals surface area contributed by atoms with Gasteiger partial charge in [0, 0.05) is 0 Å². The van der Waals surface area contributed by atoms with E-state index >= 15 is 0 Å². The van der Waals surface area contributed by atoms with E-state index in [1.807, 2.05) is 0 Å². The minimum Gasteiger partial charge on any atom is -0.390 e. The highest BCUT2D eigenvalue weighted by atomic mass is 16.3. The van der Waals surface area contributed by atoms with Gasteiger partial charge in [-0.2, -0.15) is 0 Å². The molecule has 0 aromatic rings. The summed E-state index contributed by atoms with van der Waals surface area (Å²) in [7, 11) is 0. The molecular weight excluding hydrogens is 244 g/mol. The van der Waals surface area contributed by atoms with Crippen molar-refractivity contribution >= 4 is 0 Å². The van der Waals surface area contributed by atoms with Crippen LogP contribution in [0.3, 0.4) is 0 Å². The van der Waals surface area contributed by atoms with Crippen LogP contribution in [-0.2, 0) is 0 Å². The van der Waals surface area contributed by atoms with Crippen LogP contribution in [0.5, 0.6) is 0 Å². The first-order valence-electron chi connectivity index (χ1n) is 6.02. The van der Waals surface area contributed by atoms with Crippen LogP contribution in [0, 0.1) is 0 Å². The molecule has 0 bridgehead atoms. The van der Waals surface area contributed by atoms with Crippen molar-refractivity contribution in [3.63, 3.8) is 0 Å². The van der Waals surface area contributed by atoms with Crippen molar-refractivity contribution in [3.05, 3.63) is 61.3 Å². The molecule has 4 atom stereocenters.